The predicted octanol–water partition coefficient (Wildman–Crippen LogP) is -10.1. The standard InChI is InChI=1S/3C6H12O6/c3*7-1-3(9)5(11)6(12)4(10)2-8/h3*1,3-6,8-12H,2H2. The third-order valence-corrected chi connectivity index (χ3v) is 4.26. The van der Waals surface area contributed by atoms with E-state index in [0.29, 0.717) is 0 Å². The van der Waals surface area contributed by atoms with Crippen LogP contribution in [-0.2, 0) is 14.4 Å². The molecule has 0 aliphatic rings. The molecule has 0 aromatic heterocycles. The lowest BCUT2D eigenvalue weighted by Gasteiger charge is -2.22. The van der Waals surface area contributed by atoms with Gasteiger partial charge in [-0.25, -0.2) is 0 Å². The highest BCUT2D eigenvalue weighted by atomic mass is 16.4. The molecule has 0 aliphatic carbocycles. The van der Waals surface area contributed by atoms with E-state index in [1.54, 1.807) is 0 Å². The Kier molecular flexibility index (Phi) is 23.2. The summed E-state index contributed by atoms with van der Waals surface area (Å²) in [6.07, 6.45) is -20.5. The first-order valence-electron chi connectivity index (χ1n) is 9.98. The molecule has 0 aliphatic heterocycles. The smallest absolute Gasteiger partial charge is 0.151 e. The summed E-state index contributed by atoms with van der Waals surface area (Å²) in [7, 11) is 0. The molecule has 0 fully saturated rings. The average molecular weight is 540 g/mol. The fourth-order valence-electron chi connectivity index (χ4n) is 1.85. The Bertz CT molecular complexity index is 490. The van der Waals surface area contributed by atoms with Gasteiger partial charge < -0.3 is 91.0 Å². The molecule has 0 heterocycles. The highest BCUT2D eigenvalue weighted by Gasteiger charge is 2.31. The summed E-state index contributed by atoms with van der Waals surface area (Å²) in [4.78, 5) is 29.7. The zero-order chi connectivity index (χ0) is 29.2. The molecule has 0 radical (unpaired) electrons. The maximum atomic E-state index is 9.90. The normalized spacial score (nSPS) is 21.1. The van der Waals surface area contributed by atoms with Crippen LogP contribution in [0.1, 0.15) is 0 Å². The van der Waals surface area contributed by atoms with Crippen LogP contribution in [0.3, 0.4) is 0 Å². The number of aliphatic hydroxyl groups is 15. The Morgan fingerprint density at radius 3 is 0.639 bits per heavy atom. The molecular formula is C18H36O18. The van der Waals surface area contributed by atoms with Gasteiger partial charge in [0.05, 0.1) is 19.8 Å². The van der Waals surface area contributed by atoms with Crippen molar-refractivity contribution in [3.63, 3.8) is 0 Å². The van der Waals surface area contributed by atoms with E-state index in [0.717, 1.165) is 0 Å². The van der Waals surface area contributed by atoms with Crippen molar-refractivity contribution in [3.05, 3.63) is 0 Å². The van der Waals surface area contributed by atoms with Crippen LogP contribution in [-0.4, -0.2) is 189 Å². The van der Waals surface area contributed by atoms with E-state index in [2.05, 4.69) is 0 Å². The number of aliphatic hydroxyl groups excluding tert-OH is 15. The van der Waals surface area contributed by atoms with Gasteiger partial charge in [0.15, 0.2) is 18.9 Å². The molecule has 0 saturated carbocycles. The molecular weight excluding hydrogens is 504 g/mol. The largest absolute Gasteiger partial charge is 0.394 e. The molecule has 0 rings (SSSR count). The molecule has 0 aromatic carbocycles. The van der Waals surface area contributed by atoms with E-state index < -0.39 is 93.1 Å². The van der Waals surface area contributed by atoms with Gasteiger partial charge in [-0.1, -0.05) is 0 Å². The second-order valence-corrected chi connectivity index (χ2v) is 7.07. The Morgan fingerprint density at radius 2 is 0.528 bits per heavy atom. The van der Waals surface area contributed by atoms with Crippen LogP contribution in [0.2, 0.25) is 0 Å². The average Bonchev–Trinajstić information content (AvgIpc) is 2.92. The topological polar surface area (TPSA) is 355 Å². The molecule has 18 nitrogen and oxygen atoms in total. The quantitative estimate of drug-likeness (QED) is 0.0856. The lowest BCUT2D eigenvalue weighted by Crippen LogP contribution is -2.46. The maximum Gasteiger partial charge on any atom is 0.151 e. The first-order valence-corrected chi connectivity index (χ1v) is 9.98. The van der Waals surface area contributed by atoms with E-state index >= 15 is 0 Å². The Hall–Kier alpha value is -1.59. The van der Waals surface area contributed by atoms with Gasteiger partial charge in [-0.05, 0) is 0 Å². The van der Waals surface area contributed by atoms with E-state index in [-0.39, 0.29) is 18.9 Å². The zero-order valence-corrected chi connectivity index (χ0v) is 18.7. The molecule has 12 unspecified atom stereocenters. The third-order valence-electron chi connectivity index (χ3n) is 4.26. The number of rotatable bonds is 15. The van der Waals surface area contributed by atoms with E-state index in [4.69, 9.17) is 76.6 Å². The highest BCUT2D eigenvalue weighted by molar-refractivity contribution is 5.57. The maximum absolute atomic E-state index is 9.90. The number of hydrogen-bond acceptors (Lipinski definition) is 18. The van der Waals surface area contributed by atoms with Gasteiger partial charge >= 0.3 is 0 Å². The molecule has 0 amide bonds. The first kappa shape index (κ1) is 38.9. The minimum absolute atomic E-state index is 0.0258. The molecule has 15 N–H and O–H groups in total. The first-order chi connectivity index (χ1) is 16.6. The molecule has 36 heavy (non-hydrogen) atoms. The van der Waals surface area contributed by atoms with Crippen molar-refractivity contribution >= 4 is 18.9 Å². The summed E-state index contributed by atoms with van der Waals surface area (Å²) in [6.45, 7) is -2.28. The van der Waals surface area contributed by atoms with Gasteiger partial charge in [-0.2, -0.15) is 0 Å². The molecule has 0 bridgehead atoms. The van der Waals surface area contributed by atoms with Gasteiger partial charge in [0, 0.05) is 0 Å². The van der Waals surface area contributed by atoms with Gasteiger partial charge in [-0.15, -0.1) is 0 Å². The summed E-state index contributed by atoms with van der Waals surface area (Å²) < 4.78 is 0. The number of hydrogen-bond donors (Lipinski definition) is 15. The van der Waals surface area contributed by atoms with Gasteiger partial charge in [0.2, 0.25) is 0 Å². The second-order valence-electron chi connectivity index (χ2n) is 7.07. The molecule has 12 atom stereocenters. The monoisotopic (exact) mass is 540 g/mol. The van der Waals surface area contributed by atoms with Crippen molar-refractivity contribution < 1.29 is 91.0 Å². The van der Waals surface area contributed by atoms with Crippen molar-refractivity contribution in [2.24, 2.45) is 0 Å². The SMILES string of the molecule is O=CC(O)C(O)C(O)C(O)CO.O=CC(O)C(O)C(O)C(O)CO.O=CC(O)C(O)C(O)C(O)CO. The van der Waals surface area contributed by atoms with Crippen LogP contribution >= 0.6 is 0 Å². The lowest BCUT2D eigenvalue weighted by atomic mass is 10.0. The Labute approximate surface area is 203 Å². The van der Waals surface area contributed by atoms with Crippen molar-refractivity contribution in [2.75, 3.05) is 19.8 Å². The number of aldehydes is 3. The summed E-state index contributed by atoms with van der Waals surface area (Å²) in [6, 6.07) is 0. The molecule has 0 spiro atoms. The highest BCUT2D eigenvalue weighted by Crippen LogP contribution is 2.04. The van der Waals surface area contributed by atoms with Crippen LogP contribution in [0.5, 0.6) is 0 Å². The summed E-state index contributed by atoms with van der Waals surface area (Å²) in [5.74, 6) is 0. The molecule has 0 saturated heterocycles. The van der Waals surface area contributed by atoms with Gasteiger partial charge in [0.25, 0.3) is 0 Å². The number of carbonyl (C=O) groups is 3. The van der Waals surface area contributed by atoms with Crippen LogP contribution < -0.4 is 0 Å². The Morgan fingerprint density at radius 1 is 0.361 bits per heavy atom. The summed E-state index contributed by atoms with van der Waals surface area (Å²) in [5, 5.41) is 131. The van der Waals surface area contributed by atoms with Crippen molar-refractivity contribution in [3.8, 4) is 0 Å². The number of carbonyl (C=O) groups excluding carboxylic acids is 3. The van der Waals surface area contributed by atoms with Crippen LogP contribution in [0.15, 0.2) is 0 Å². The molecule has 0 aromatic rings. The van der Waals surface area contributed by atoms with E-state index in [9.17, 15) is 14.4 Å². The van der Waals surface area contributed by atoms with Crippen LogP contribution in [0, 0.1) is 0 Å². The van der Waals surface area contributed by atoms with Gasteiger partial charge in [0.1, 0.15) is 73.2 Å². The molecule has 18 heteroatoms. The van der Waals surface area contributed by atoms with E-state index in [1.807, 2.05) is 0 Å². The zero-order valence-electron chi connectivity index (χ0n) is 18.7. The third kappa shape index (κ3) is 14.8. The minimum Gasteiger partial charge on any atom is -0.394 e. The van der Waals surface area contributed by atoms with Gasteiger partial charge in [-0.3, -0.25) is 0 Å². The van der Waals surface area contributed by atoms with Crippen molar-refractivity contribution in [1.82, 2.24) is 0 Å². The van der Waals surface area contributed by atoms with E-state index in [1.165, 1.54) is 0 Å². The summed E-state index contributed by atoms with van der Waals surface area (Å²) in [5.41, 5.74) is 0. The van der Waals surface area contributed by atoms with Crippen LogP contribution in [0.4, 0.5) is 0 Å². The second kappa shape index (κ2) is 21.5. The molecule has 216 valence electrons. The van der Waals surface area contributed by atoms with Crippen LogP contribution in [0.25, 0.3) is 0 Å². The Balaban J connectivity index is -0.000000454. The summed E-state index contributed by atoms with van der Waals surface area (Å²) >= 11 is 0. The van der Waals surface area contributed by atoms with Crippen molar-refractivity contribution in [2.45, 2.75) is 73.2 Å². The fourth-order valence-corrected chi connectivity index (χ4v) is 1.85. The minimum atomic E-state index is -1.79. The fraction of sp³-hybridized carbons (Fsp3) is 0.833. The van der Waals surface area contributed by atoms with Crippen molar-refractivity contribution in [1.29, 1.82) is 0 Å². The lowest BCUT2D eigenvalue weighted by molar-refractivity contribution is -0.136. The predicted molar refractivity (Wildman–Crippen MR) is 112 cm³/mol.